The van der Waals surface area contributed by atoms with E-state index in [0.717, 1.165) is 16.8 Å². The summed E-state index contributed by atoms with van der Waals surface area (Å²) >= 11 is 0. The Bertz CT molecular complexity index is 1170. The van der Waals surface area contributed by atoms with Gasteiger partial charge in [-0.15, -0.1) is 0 Å². The summed E-state index contributed by atoms with van der Waals surface area (Å²) in [4.78, 5) is 5.09. The van der Waals surface area contributed by atoms with Crippen LogP contribution in [0.1, 0.15) is 17.0 Å². The van der Waals surface area contributed by atoms with Crippen LogP contribution in [0.25, 0.3) is 22.2 Å². The maximum atomic E-state index is 13.0. The average Bonchev–Trinajstić information content (AvgIpc) is 3.21. The standard InChI is InChI=1S/C19H14N4O2S/c1-12-18(13(2)25-22-12)14-8-17-19(21-10-14)15(9-20)11-23(17)26(24)16-6-4-3-5-7-16/h3-8,10-11H,1-2H3. The van der Waals surface area contributed by atoms with Crippen molar-refractivity contribution in [2.45, 2.75) is 18.7 Å². The third-order valence-electron chi connectivity index (χ3n) is 4.17. The number of hydrogen-bond donors (Lipinski definition) is 0. The van der Waals surface area contributed by atoms with Crippen LogP contribution in [0.4, 0.5) is 0 Å². The molecule has 0 N–H and O–H groups in total. The Morgan fingerprint density at radius 3 is 2.65 bits per heavy atom. The van der Waals surface area contributed by atoms with Crippen molar-refractivity contribution in [2.75, 3.05) is 0 Å². The second kappa shape index (κ2) is 6.24. The first-order valence-electron chi connectivity index (χ1n) is 7.92. The first-order chi connectivity index (χ1) is 12.6. The van der Waals surface area contributed by atoms with Gasteiger partial charge in [0.05, 0.1) is 21.7 Å². The van der Waals surface area contributed by atoms with Gasteiger partial charge in [-0.3, -0.25) is 8.96 Å². The molecule has 0 aliphatic carbocycles. The third kappa shape index (κ3) is 2.52. The van der Waals surface area contributed by atoms with Crippen molar-refractivity contribution in [3.63, 3.8) is 0 Å². The molecule has 4 aromatic rings. The summed E-state index contributed by atoms with van der Waals surface area (Å²) in [5.41, 5.74) is 3.95. The maximum absolute atomic E-state index is 13.0. The first-order valence-corrected chi connectivity index (χ1v) is 9.02. The molecule has 0 fully saturated rings. The lowest BCUT2D eigenvalue weighted by Crippen LogP contribution is -2.03. The van der Waals surface area contributed by atoms with E-state index in [1.807, 2.05) is 38.1 Å². The second-order valence-electron chi connectivity index (χ2n) is 5.83. The molecule has 128 valence electrons. The van der Waals surface area contributed by atoms with Crippen LogP contribution < -0.4 is 0 Å². The Morgan fingerprint density at radius 1 is 1.23 bits per heavy atom. The summed E-state index contributed by atoms with van der Waals surface area (Å²) in [5, 5.41) is 13.4. The van der Waals surface area contributed by atoms with Crippen LogP contribution in [0.3, 0.4) is 0 Å². The SMILES string of the molecule is Cc1noc(C)c1-c1cnc2c(C#N)cn(S(=O)c3ccccc3)c2c1. The molecule has 1 aromatic carbocycles. The monoisotopic (exact) mass is 362 g/mol. The molecule has 0 spiro atoms. The molecule has 3 heterocycles. The largest absolute Gasteiger partial charge is 0.361 e. The smallest absolute Gasteiger partial charge is 0.157 e. The van der Waals surface area contributed by atoms with Gasteiger partial charge in [0.15, 0.2) is 11.0 Å². The normalized spacial score (nSPS) is 12.2. The van der Waals surface area contributed by atoms with E-state index in [2.05, 4.69) is 16.2 Å². The highest BCUT2D eigenvalue weighted by atomic mass is 32.2. The summed E-state index contributed by atoms with van der Waals surface area (Å²) < 4.78 is 19.8. The highest BCUT2D eigenvalue weighted by Crippen LogP contribution is 2.30. The lowest BCUT2D eigenvalue weighted by atomic mass is 10.1. The number of rotatable bonds is 3. The quantitative estimate of drug-likeness (QED) is 0.554. The van der Waals surface area contributed by atoms with E-state index in [4.69, 9.17) is 4.52 Å². The Morgan fingerprint density at radius 2 is 2.00 bits per heavy atom. The van der Waals surface area contributed by atoms with Crippen LogP contribution in [-0.4, -0.2) is 18.3 Å². The van der Waals surface area contributed by atoms with E-state index in [0.29, 0.717) is 27.3 Å². The van der Waals surface area contributed by atoms with Crippen LogP contribution in [0.15, 0.2) is 58.2 Å². The van der Waals surface area contributed by atoms with Gasteiger partial charge in [-0.05, 0) is 32.0 Å². The third-order valence-corrected chi connectivity index (χ3v) is 5.51. The molecule has 3 aromatic heterocycles. The molecule has 1 atom stereocenters. The van der Waals surface area contributed by atoms with Crippen molar-refractivity contribution in [3.05, 3.63) is 65.8 Å². The molecule has 0 saturated carbocycles. The average molecular weight is 362 g/mol. The Hall–Kier alpha value is -3.24. The number of nitriles is 1. The van der Waals surface area contributed by atoms with Gasteiger partial charge in [-0.1, -0.05) is 23.4 Å². The van der Waals surface area contributed by atoms with Crippen molar-refractivity contribution in [1.82, 2.24) is 14.1 Å². The Labute approximate surface area is 152 Å². The van der Waals surface area contributed by atoms with Crippen molar-refractivity contribution >= 4 is 22.0 Å². The lowest BCUT2D eigenvalue weighted by Gasteiger charge is -2.06. The number of pyridine rings is 1. The molecule has 0 saturated heterocycles. The molecule has 0 bridgehead atoms. The Kier molecular flexibility index (Phi) is 3.90. The molecule has 7 heteroatoms. The van der Waals surface area contributed by atoms with Gasteiger partial charge in [0.2, 0.25) is 0 Å². The molecule has 0 aliphatic heterocycles. The molecule has 0 aliphatic rings. The van der Waals surface area contributed by atoms with Crippen LogP contribution in [0, 0.1) is 25.2 Å². The van der Waals surface area contributed by atoms with E-state index in [1.165, 1.54) is 0 Å². The fraction of sp³-hybridized carbons (Fsp3) is 0.105. The number of benzene rings is 1. The topological polar surface area (TPSA) is 84.7 Å². The van der Waals surface area contributed by atoms with E-state index in [9.17, 15) is 9.47 Å². The minimum Gasteiger partial charge on any atom is -0.361 e. The summed E-state index contributed by atoms with van der Waals surface area (Å²) in [6.45, 7) is 3.69. The van der Waals surface area contributed by atoms with Crippen molar-refractivity contribution < 1.29 is 8.73 Å². The molecule has 6 nitrogen and oxygen atoms in total. The zero-order chi connectivity index (χ0) is 18.3. The fourth-order valence-corrected chi connectivity index (χ4v) is 4.11. The van der Waals surface area contributed by atoms with Crippen molar-refractivity contribution in [3.8, 4) is 17.2 Å². The van der Waals surface area contributed by atoms with Crippen LogP contribution in [0.5, 0.6) is 0 Å². The fourth-order valence-electron chi connectivity index (χ4n) is 2.98. The predicted octanol–water partition coefficient (Wildman–Crippen LogP) is 3.75. The van der Waals surface area contributed by atoms with Gasteiger partial charge in [-0.25, -0.2) is 4.21 Å². The van der Waals surface area contributed by atoms with Gasteiger partial charge in [0, 0.05) is 23.5 Å². The molecular weight excluding hydrogens is 348 g/mol. The molecule has 1 unspecified atom stereocenters. The highest BCUT2D eigenvalue weighted by Gasteiger charge is 2.18. The van der Waals surface area contributed by atoms with Crippen molar-refractivity contribution in [1.29, 1.82) is 5.26 Å². The van der Waals surface area contributed by atoms with Crippen molar-refractivity contribution in [2.24, 2.45) is 0 Å². The molecule has 0 radical (unpaired) electrons. The van der Waals surface area contributed by atoms with Gasteiger partial charge < -0.3 is 4.52 Å². The number of aromatic nitrogens is 3. The zero-order valence-corrected chi connectivity index (χ0v) is 14.9. The van der Waals surface area contributed by atoms with Crippen LogP contribution in [0.2, 0.25) is 0 Å². The molecule has 4 rings (SSSR count). The number of fused-ring (bicyclic) bond motifs is 1. The van der Waals surface area contributed by atoms with Gasteiger partial charge in [0.1, 0.15) is 17.3 Å². The summed E-state index contributed by atoms with van der Waals surface area (Å²) in [7, 11) is -1.48. The molecular formula is C19H14N4O2S. The summed E-state index contributed by atoms with van der Waals surface area (Å²) in [6.07, 6.45) is 3.27. The predicted molar refractivity (Wildman–Crippen MR) is 97.7 cm³/mol. The van der Waals surface area contributed by atoms with E-state index >= 15 is 0 Å². The van der Waals surface area contributed by atoms with Crippen LogP contribution >= 0.6 is 0 Å². The zero-order valence-electron chi connectivity index (χ0n) is 14.1. The molecule has 26 heavy (non-hydrogen) atoms. The molecule has 0 amide bonds. The highest BCUT2D eigenvalue weighted by molar-refractivity contribution is 7.83. The van der Waals surface area contributed by atoms with Crippen LogP contribution in [-0.2, 0) is 11.0 Å². The number of hydrogen-bond acceptors (Lipinski definition) is 5. The Balaban J connectivity index is 1.95. The maximum Gasteiger partial charge on any atom is 0.157 e. The van der Waals surface area contributed by atoms with E-state index in [1.54, 1.807) is 28.5 Å². The van der Waals surface area contributed by atoms with Gasteiger partial charge >= 0.3 is 0 Å². The summed E-state index contributed by atoms with van der Waals surface area (Å²) in [6, 6.07) is 13.1. The first kappa shape index (κ1) is 16.2. The van der Waals surface area contributed by atoms with E-state index < -0.39 is 11.0 Å². The van der Waals surface area contributed by atoms with Gasteiger partial charge in [-0.2, -0.15) is 5.26 Å². The summed E-state index contributed by atoms with van der Waals surface area (Å²) in [5.74, 6) is 0.687. The minimum atomic E-state index is -1.48. The van der Waals surface area contributed by atoms with E-state index in [-0.39, 0.29) is 0 Å². The number of nitrogens with zero attached hydrogens (tertiary/aromatic N) is 4. The minimum absolute atomic E-state index is 0.384. The second-order valence-corrected chi connectivity index (χ2v) is 7.20. The lowest BCUT2D eigenvalue weighted by molar-refractivity contribution is 0.393. The number of aryl methyl sites for hydroxylation is 2. The van der Waals surface area contributed by atoms with Gasteiger partial charge in [0.25, 0.3) is 0 Å².